The van der Waals surface area contributed by atoms with E-state index in [9.17, 15) is 0 Å². The van der Waals surface area contributed by atoms with Gasteiger partial charge in [-0.25, -0.2) is 9.97 Å². The summed E-state index contributed by atoms with van der Waals surface area (Å²) in [7, 11) is 0. The Balaban J connectivity index is 1.47. The van der Waals surface area contributed by atoms with Crippen LogP contribution in [-0.4, -0.2) is 42.7 Å². The average molecular weight is 330 g/mol. The van der Waals surface area contributed by atoms with Crippen molar-refractivity contribution in [1.29, 1.82) is 0 Å². The van der Waals surface area contributed by atoms with Crippen LogP contribution in [0.4, 0.5) is 0 Å². The summed E-state index contributed by atoms with van der Waals surface area (Å²) in [5.74, 6) is 0. The van der Waals surface area contributed by atoms with Crippen molar-refractivity contribution in [3.63, 3.8) is 0 Å². The first kappa shape index (κ1) is 14.5. The second kappa shape index (κ2) is 5.86. The predicted octanol–water partition coefficient (Wildman–Crippen LogP) is 2.07. The fourth-order valence-corrected chi connectivity index (χ4v) is 3.47. The molecule has 1 aliphatic heterocycles. The Hall–Kier alpha value is -2.06. The molecule has 0 aliphatic carbocycles. The highest BCUT2D eigenvalue weighted by molar-refractivity contribution is 7.09. The van der Waals surface area contributed by atoms with Gasteiger partial charge in [-0.1, -0.05) is 12.1 Å². The van der Waals surface area contributed by atoms with Gasteiger partial charge in [-0.3, -0.25) is 4.68 Å². The van der Waals surface area contributed by atoms with Crippen molar-refractivity contribution in [1.82, 2.24) is 29.5 Å². The third-order valence-corrected chi connectivity index (χ3v) is 5.13. The van der Waals surface area contributed by atoms with E-state index in [0.717, 1.165) is 49.1 Å². The summed E-state index contributed by atoms with van der Waals surface area (Å²) in [6.45, 7) is 5.40. The van der Waals surface area contributed by atoms with Crippen molar-refractivity contribution in [3.05, 3.63) is 35.3 Å². The summed E-state index contributed by atoms with van der Waals surface area (Å²) < 4.78 is 9.28. The minimum absolute atomic E-state index is 0.222. The molecule has 4 heterocycles. The largest absolute Gasteiger partial charge is 0.380 e. The maximum atomic E-state index is 5.37. The lowest BCUT2D eigenvalue weighted by molar-refractivity contribution is -0.125. The zero-order valence-corrected chi connectivity index (χ0v) is 13.7. The van der Waals surface area contributed by atoms with E-state index in [1.165, 1.54) is 0 Å². The molecule has 0 spiro atoms. The summed E-state index contributed by atoms with van der Waals surface area (Å²) in [5, 5.41) is 11.6. The van der Waals surface area contributed by atoms with Crippen LogP contribution in [0.5, 0.6) is 0 Å². The molecule has 8 heteroatoms. The standard InChI is InChI=1S/C15H18N6OS/c1-2-15(9-22-10-15)8-21-5-12(18-19-21)13-7-23-14(17-13)6-20-4-3-16-11-20/h3-5,7,11H,2,6,8-10H2,1H3. The molecule has 3 aromatic heterocycles. The van der Waals surface area contributed by atoms with Gasteiger partial charge in [0.2, 0.25) is 0 Å². The van der Waals surface area contributed by atoms with Gasteiger partial charge in [0.05, 0.1) is 38.8 Å². The molecule has 23 heavy (non-hydrogen) atoms. The van der Waals surface area contributed by atoms with Gasteiger partial charge in [0.25, 0.3) is 0 Å². The number of hydrogen-bond acceptors (Lipinski definition) is 6. The number of nitrogens with zero attached hydrogens (tertiary/aromatic N) is 6. The van der Waals surface area contributed by atoms with Crippen LogP contribution in [0.1, 0.15) is 18.4 Å². The van der Waals surface area contributed by atoms with Gasteiger partial charge in [-0.05, 0) is 6.42 Å². The Bertz CT molecular complexity index is 768. The van der Waals surface area contributed by atoms with Crippen molar-refractivity contribution >= 4 is 11.3 Å². The Morgan fingerprint density at radius 3 is 2.96 bits per heavy atom. The molecule has 0 aromatic carbocycles. The third-order valence-electron chi connectivity index (χ3n) is 4.29. The van der Waals surface area contributed by atoms with Gasteiger partial charge in [0.1, 0.15) is 16.4 Å². The van der Waals surface area contributed by atoms with Crippen molar-refractivity contribution < 1.29 is 4.74 Å². The first-order valence-electron chi connectivity index (χ1n) is 7.65. The molecule has 1 aliphatic rings. The van der Waals surface area contributed by atoms with Crippen LogP contribution in [0.25, 0.3) is 11.4 Å². The number of ether oxygens (including phenoxy) is 1. The monoisotopic (exact) mass is 330 g/mol. The number of rotatable bonds is 6. The SMILES string of the molecule is CCC1(Cn2cc(-c3csc(Cn4ccnc4)n3)nn2)COC1. The first-order chi connectivity index (χ1) is 11.3. The van der Waals surface area contributed by atoms with Gasteiger partial charge < -0.3 is 9.30 Å². The van der Waals surface area contributed by atoms with E-state index in [4.69, 9.17) is 4.74 Å². The Morgan fingerprint density at radius 2 is 2.26 bits per heavy atom. The second-order valence-corrected chi connectivity index (χ2v) is 6.95. The highest BCUT2D eigenvalue weighted by atomic mass is 32.1. The number of thiazole rings is 1. The topological polar surface area (TPSA) is 70.7 Å². The Labute approximate surface area is 138 Å². The number of imidazole rings is 1. The van der Waals surface area contributed by atoms with Crippen LogP contribution in [-0.2, 0) is 17.8 Å². The number of aromatic nitrogens is 6. The fraction of sp³-hybridized carbons (Fsp3) is 0.467. The molecule has 4 rings (SSSR count). The lowest BCUT2D eigenvalue weighted by Gasteiger charge is -2.40. The quantitative estimate of drug-likeness (QED) is 0.692. The van der Waals surface area contributed by atoms with E-state index in [1.807, 2.05) is 27.0 Å². The molecule has 0 saturated carbocycles. The highest BCUT2D eigenvalue weighted by Gasteiger charge is 2.37. The summed E-state index contributed by atoms with van der Waals surface area (Å²) in [6, 6.07) is 0. The smallest absolute Gasteiger partial charge is 0.132 e. The van der Waals surface area contributed by atoms with Crippen LogP contribution in [0.3, 0.4) is 0 Å². The fourth-order valence-electron chi connectivity index (χ4n) is 2.67. The molecule has 0 radical (unpaired) electrons. The maximum Gasteiger partial charge on any atom is 0.132 e. The minimum atomic E-state index is 0.222. The summed E-state index contributed by atoms with van der Waals surface area (Å²) >= 11 is 1.63. The van der Waals surface area contributed by atoms with E-state index in [0.29, 0.717) is 0 Å². The van der Waals surface area contributed by atoms with Crippen LogP contribution < -0.4 is 0 Å². The van der Waals surface area contributed by atoms with E-state index < -0.39 is 0 Å². The molecular weight excluding hydrogens is 312 g/mol. The zero-order valence-electron chi connectivity index (χ0n) is 12.9. The molecular formula is C15H18N6OS. The van der Waals surface area contributed by atoms with Crippen molar-refractivity contribution in [2.24, 2.45) is 5.41 Å². The van der Waals surface area contributed by atoms with Crippen LogP contribution >= 0.6 is 11.3 Å². The number of hydrogen-bond donors (Lipinski definition) is 0. The van der Waals surface area contributed by atoms with Gasteiger partial charge in [0, 0.05) is 23.2 Å². The van der Waals surface area contributed by atoms with E-state index >= 15 is 0 Å². The minimum Gasteiger partial charge on any atom is -0.380 e. The first-order valence-corrected chi connectivity index (χ1v) is 8.53. The van der Waals surface area contributed by atoms with Gasteiger partial charge in [-0.2, -0.15) is 0 Å². The molecule has 120 valence electrons. The molecule has 0 N–H and O–H groups in total. The molecule has 0 amide bonds. The molecule has 7 nitrogen and oxygen atoms in total. The van der Waals surface area contributed by atoms with E-state index in [-0.39, 0.29) is 5.41 Å². The van der Waals surface area contributed by atoms with Crippen molar-refractivity contribution in [2.75, 3.05) is 13.2 Å². The molecule has 0 unspecified atom stereocenters. The van der Waals surface area contributed by atoms with Crippen LogP contribution in [0.2, 0.25) is 0 Å². The molecule has 0 bridgehead atoms. The molecule has 1 saturated heterocycles. The van der Waals surface area contributed by atoms with Crippen LogP contribution in [0.15, 0.2) is 30.3 Å². The third kappa shape index (κ3) is 2.91. The molecule has 1 fully saturated rings. The van der Waals surface area contributed by atoms with Gasteiger partial charge in [-0.15, -0.1) is 16.4 Å². The second-order valence-electron chi connectivity index (χ2n) is 6.01. The molecule has 3 aromatic rings. The summed E-state index contributed by atoms with van der Waals surface area (Å²) in [6.07, 6.45) is 8.57. The van der Waals surface area contributed by atoms with E-state index in [1.54, 1.807) is 23.9 Å². The highest BCUT2D eigenvalue weighted by Crippen LogP contribution is 2.33. The normalized spacial score (nSPS) is 16.4. The molecule has 0 atom stereocenters. The van der Waals surface area contributed by atoms with E-state index in [2.05, 4.69) is 27.2 Å². The Kier molecular flexibility index (Phi) is 3.70. The van der Waals surface area contributed by atoms with Crippen molar-refractivity contribution in [2.45, 2.75) is 26.4 Å². The maximum absolute atomic E-state index is 5.37. The Morgan fingerprint density at radius 1 is 1.35 bits per heavy atom. The predicted molar refractivity (Wildman–Crippen MR) is 86.0 cm³/mol. The summed E-state index contributed by atoms with van der Waals surface area (Å²) in [4.78, 5) is 8.70. The van der Waals surface area contributed by atoms with Crippen LogP contribution in [0, 0.1) is 5.41 Å². The average Bonchev–Trinajstić information content (AvgIpc) is 3.25. The van der Waals surface area contributed by atoms with Crippen molar-refractivity contribution in [3.8, 4) is 11.4 Å². The van der Waals surface area contributed by atoms with Gasteiger partial charge >= 0.3 is 0 Å². The lowest BCUT2D eigenvalue weighted by atomic mass is 9.83. The lowest BCUT2D eigenvalue weighted by Crippen LogP contribution is -2.45. The van der Waals surface area contributed by atoms with Gasteiger partial charge in [0.15, 0.2) is 0 Å². The zero-order chi connectivity index (χ0) is 15.7. The summed E-state index contributed by atoms with van der Waals surface area (Å²) in [5.41, 5.74) is 1.93.